The summed E-state index contributed by atoms with van der Waals surface area (Å²) in [5, 5.41) is 11.0. The van der Waals surface area contributed by atoms with Gasteiger partial charge in [0.1, 0.15) is 0 Å². The lowest BCUT2D eigenvalue weighted by Gasteiger charge is -2.47. The van der Waals surface area contributed by atoms with E-state index in [-0.39, 0.29) is 23.3 Å². The Morgan fingerprint density at radius 3 is 2.60 bits per heavy atom. The van der Waals surface area contributed by atoms with Crippen molar-refractivity contribution in [3.8, 4) is 0 Å². The van der Waals surface area contributed by atoms with Gasteiger partial charge in [-0.15, -0.1) is 0 Å². The Balaban J connectivity index is 2.30. The molecule has 0 saturated heterocycles. The standard InChI is InChI=1S/C17H24F2O/c1-16(2,3)14-9-4-5-10-17(14,20)11-12-7-6-8-13(18)15(12)19/h6-8,14,20H,4-5,9-11H2,1-3H3. The van der Waals surface area contributed by atoms with Crippen LogP contribution in [0.4, 0.5) is 8.78 Å². The predicted molar refractivity (Wildman–Crippen MR) is 76.4 cm³/mol. The molecule has 1 aromatic carbocycles. The molecule has 112 valence electrons. The molecule has 0 aliphatic heterocycles. The lowest BCUT2D eigenvalue weighted by atomic mass is 9.62. The summed E-state index contributed by atoms with van der Waals surface area (Å²) < 4.78 is 27.2. The minimum atomic E-state index is -0.939. The minimum Gasteiger partial charge on any atom is -0.389 e. The second-order valence-corrected chi connectivity index (χ2v) is 7.16. The molecule has 1 aliphatic rings. The fourth-order valence-corrected chi connectivity index (χ4v) is 3.69. The van der Waals surface area contributed by atoms with Gasteiger partial charge in [0.25, 0.3) is 0 Å². The third-order valence-corrected chi connectivity index (χ3v) is 4.57. The summed E-state index contributed by atoms with van der Waals surface area (Å²) in [5.74, 6) is -1.56. The second-order valence-electron chi connectivity index (χ2n) is 7.16. The van der Waals surface area contributed by atoms with Crippen LogP contribution in [-0.2, 0) is 6.42 Å². The van der Waals surface area contributed by atoms with Gasteiger partial charge < -0.3 is 5.11 Å². The zero-order valence-corrected chi connectivity index (χ0v) is 12.5. The minimum absolute atomic E-state index is 0.0427. The molecule has 1 N–H and O–H groups in total. The molecule has 3 heteroatoms. The largest absolute Gasteiger partial charge is 0.389 e. The van der Waals surface area contributed by atoms with Gasteiger partial charge >= 0.3 is 0 Å². The monoisotopic (exact) mass is 282 g/mol. The van der Waals surface area contributed by atoms with E-state index in [0.717, 1.165) is 25.3 Å². The van der Waals surface area contributed by atoms with Crippen molar-refractivity contribution in [1.29, 1.82) is 0 Å². The summed E-state index contributed by atoms with van der Waals surface area (Å²) in [6.45, 7) is 6.32. The summed E-state index contributed by atoms with van der Waals surface area (Å²) in [4.78, 5) is 0. The zero-order chi connectivity index (χ0) is 15.0. The highest BCUT2D eigenvalue weighted by molar-refractivity contribution is 5.22. The Hall–Kier alpha value is -0.960. The molecule has 20 heavy (non-hydrogen) atoms. The molecule has 0 spiro atoms. The molecule has 0 aromatic heterocycles. The van der Waals surface area contributed by atoms with Crippen molar-refractivity contribution in [3.05, 3.63) is 35.4 Å². The second kappa shape index (κ2) is 5.44. The highest BCUT2D eigenvalue weighted by atomic mass is 19.2. The molecule has 0 bridgehead atoms. The van der Waals surface area contributed by atoms with E-state index in [4.69, 9.17) is 0 Å². The van der Waals surface area contributed by atoms with Crippen LogP contribution in [-0.4, -0.2) is 10.7 Å². The maximum atomic E-state index is 13.9. The third-order valence-electron chi connectivity index (χ3n) is 4.57. The molecule has 0 heterocycles. The number of halogens is 2. The van der Waals surface area contributed by atoms with Crippen molar-refractivity contribution in [3.63, 3.8) is 0 Å². The Morgan fingerprint density at radius 2 is 1.95 bits per heavy atom. The van der Waals surface area contributed by atoms with E-state index in [1.54, 1.807) is 6.07 Å². The van der Waals surface area contributed by atoms with Crippen LogP contribution in [0.3, 0.4) is 0 Å². The maximum absolute atomic E-state index is 13.9. The number of hydrogen-bond donors (Lipinski definition) is 1. The molecule has 1 nitrogen and oxygen atoms in total. The topological polar surface area (TPSA) is 20.2 Å². The first-order valence-corrected chi connectivity index (χ1v) is 7.39. The molecular formula is C17H24F2O. The summed E-state index contributed by atoms with van der Waals surface area (Å²) in [7, 11) is 0. The van der Waals surface area contributed by atoms with Crippen molar-refractivity contribution >= 4 is 0 Å². The number of aliphatic hydroxyl groups is 1. The quantitative estimate of drug-likeness (QED) is 0.848. The normalized spacial score (nSPS) is 27.6. The van der Waals surface area contributed by atoms with Crippen LogP contribution < -0.4 is 0 Å². The lowest BCUT2D eigenvalue weighted by Crippen LogP contribution is -2.48. The van der Waals surface area contributed by atoms with Crippen LogP contribution in [0.2, 0.25) is 0 Å². The summed E-state index contributed by atoms with van der Waals surface area (Å²) in [5.41, 5.74) is -0.701. The van der Waals surface area contributed by atoms with Crippen molar-refractivity contribution < 1.29 is 13.9 Å². The van der Waals surface area contributed by atoms with E-state index >= 15 is 0 Å². The molecule has 2 atom stereocenters. The van der Waals surface area contributed by atoms with Crippen LogP contribution >= 0.6 is 0 Å². The number of benzene rings is 1. The van der Waals surface area contributed by atoms with Gasteiger partial charge in [0.2, 0.25) is 0 Å². The first-order valence-electron chi connectivity index (χ1n) is 7.39. The molecule has 1 saturated carbocycles. The van der Waals surface area contributed by atoms with Crippen LogP contribution in [0.5, 0.6) is 0 Å². The highest BCUT2D eigenvalue weighted by Crippen LogP contribution is 2.46. The van der Waals surface area contributed by atoms with Crippen molar-refractivity contribution in [1.82, 2.24) is 0 Å². The fourth-order valence-electron chi connectivity index (χ4n) is 3.69. The molecule has 1 aliphatic carbocycles. The molecule has 0 radical (unpaired) electrons. The number of rotatable bonds is 2. The van der Waals surface area contributed by atoms with Crippen molar-refractivity contribution in [2.75, 3.05) is 0 Å². The van der Waals surface area contributed by atoms with Crippen LogP contribution in [0.15, 0.2) is 18.2 Å². The van der Waals surface area contributed by atoms with Crippen LogP contribution in [0.1, 0.15) is 52.0 Å². The Labute approximate surface area is 120 Å². The van der Waals surface area contributed by atoms with Gasteiger partial charge in [-0.05, 0) is 35.8 Å². The molecule has 2 unspecified atom stereocenters. The average Bonchev–Trinajstić information content (AvgIpc) is 2.34. The first kappa shape index (κ1) is 15.4. The smallest absolute Gasteiger partial charge is 0.162 e. The zero-order valence-electron chi connectivity index (χ0n) is 12.5. The van der Waals surface area contributed by atoms with Gasteiger partial charge in [-0.25, -0.2) is 8.78 Å². The highest BCUT2D eigenvalue weighted by Gasteiger charge is 2.45. The predicted octanol–water partition coefficient (Wildman–Crippen LogP) is 4.47. The summed E-state index contributed by atoms with van der Waals surface area (Å²) in [6, 6.07) is 4.20. The first-order chi connectivity index (χ1) is 9.24. The van der Waals surface area contributed by atoms with Gasteiger partial charge in [0.05, 0.1) is 5.60 Å². The van der Waals surface area contributed by atoms with Gasteiger partial charge in [-0.2, -0.15) is 0 Å². The van der Waals surface area contributed by atoms with Gasteiger partial charge in [0, 0.05) is 6.42 Å². The lowest BCUT2D eigenvalue weighted by molar-refractivity contribution is -0.0893. The van der Waals surface area contributed by atoms with E-state index in [0.29, 0.717) is 6.42 Å². The van der Waals surface area contributed by atoms with Crippen molar-refractivity contribution in [2.24, 2.45) is 11.3 Å². The Kier molecular flexibility index (Phi) is 4.19. The molecule has 2 rings (SSSR count). The van der Waals surface area contributed by atoms with Gasteiger partial charge in [0.15, 0.2) is 11.6 Å². The van der Waals surface area contributed by atoms with Crippen molar-refractivity contribution in [2.45, 2.75) is 58.5 Å². The van der Waals surface area contributed by atoms with E-state index in [1.807, 2.05) is 0 Å². The maximum Gasteiger partial charge on any atom is 0.162 e. The van der Waals surface area contributed by atoms with E-state index in [1.165, 1.54) is 6.07 Å². The molecule has 1 fully saturated rings. The third kappa shape index (κ3) is 3.03. The molecular weight excluding hydrogens is 258 g/mol. The van der Waals surface area contributed by atoms with E-state index < -0.39 is 17.2 Å². The summed E-state index contributed by atoms with van der Waals surface area (Å²) >= 11 is 0. The summed E-state index contributed by atoms with van der Waals surface area (Å²) in [6.07, 6.45) is 3.83. The fraction of sp³-hybridized carbons (Fsp3) is 0.647. The number of hydrogen-bond acceptors (Lipinski definition) is 1. The SMILES string of the molecule is CC(C)(C)C1CCCCC1(O)Cc1cccc(F)c1F. The molecule has 0 amide bonds. The molecule has 1 aromatic rings. The average molecular weight is 282 g/mol. The van der Waals surface area contributed by atoms with E-state index in [2.05, 4.69) is 20.8 Å². The van der Waals surface area contributed by atoms with Crippen LogP contribution in [0.25, 0.3) is 0 Å². The van der Waals surface area contributed by atoms with Gasteiger partial charge in [-0.1, -0.05) is 45.7 Å². The van der Waals surface area contributed by atoms with E-state index in [9.17, 15) is 13.9 Å². The Bertz CT molecular complexity index is 478. The Morgan fingerprint density at radius 1 is 1.25 bits per heavy atom. The van der Waals surface area contributed by atoms with Gasteiger partial charge in [-0.3, -0.25) is 0 Å². The van der Waals surface area contributed by atoms with Crippen LogP contribution in [0, 0.1) is 23.0 Å².